The van der Waals surface area contributed by atoms with Crippen molar-refractivity contribution in [1.29, 1.82) is 0 Å². The van der Waals surface area contributed by atoms with E-state index in [1.807, 2.05) is 13.0 Å². The Hall–Kier alpha value is -2.04. The van der Waals surface area contributed by atoms with Crippen molar-refractivity contribution in [2.45, 2.75) is 13.5 Å². The number of nitrogens with zero attached hydrogens (tertiary/aromatic N) is 2. The molecule has 5 heteroatoms. The molecule has 0 aliphatic carbocycles. The molecule has 0 aliphatic rings. The second kappa shape index (κ2) is 3.61. The van der Waals surface area contributed by atoms with Crippen molar-refractivity contribution in [2.24, 2.45) is 0 Å². The number of aryl methyl sites for hydroxylation is 1. The van der Waals surface area contributed by atoms with E-state index in [0.29, 0.717) is 12.2 Å². The molecule has 15 heavy (non-hydrogen) atoms. The molecule has 5 nitrogen and oxygen atoms in total. The molecule has 2 rings (SSSR count). The molecule has 0 bridgehead atoms. The van der Waals surface area contributed by atoms with E-state index >= 15 is 0 Å². The average Bonchev–Trinajstić information content (AvgIpc) is 2.86. The van der Waals surface area contributed by atoms with Gasteiger partial charge in [0.15, 0.2) is 0 Å². The maximum atomic E-state index is 10.9. The highest BCUT2D eigenvalue weighted by Crippen LogP contribution is 2.18. The first-order valence-corrected chi connectivity index (χ1v) is 4.66. The maximum Gasteiger partial charge on any atom is 0.354 e. The SMILES string of the molecule is CCn1nc(-c2cc[nH]c2)cc1C(=O)O. The molecular weight excluding hydrogens is 194 g/mol. The van der Waals surface area contributed by atoms with Gasteiger partial charge in [-0.1, -0.05) is 0 Å². The Morgan fingerprint density at radius 1 is 1.67 bits per heavy atom. The number of aromatic carboxylic acids is 1. The van der Waals surface area contributed by atoms with Gasteiger partial charge in [-0.2, -0.15) is 5.10 Å². The number of rotatable bonds is 3. The largest absolute Gasteiger partial charge is 0.477 e. The summed E-state index contributed by atoms with van der Waals surface area (Å²) in [5.41, 5.74) is 1.79. The quantitative estimate of drug-likeness (QED) is 0.799. The molecule has 0 saturated heterocycles. The monoisotopic (exact) mass is 205 g/mol. The van der Waals surface area contributed by atoms with Crippen LogP contribution < -0.4 is 0 Å². The highest BCUT2D eigenvalue weighted by molar-refractivity contribution is 5.87. The van der Waals surface area contributed by atoms with E-state index in [1.165, 1.54) is 4.68 Å². The zero-order valence-corrected chi connectivity index (χ0v) is 8.27. The Bertz CT molecular complexity index is 471. The number of aromatic nitrogens is 3. The maximum absolute atomic E-state index is 10.9. The lowest BCUT2D eigenvalue weighted by molar-refractivity contribution is 0.0683. The van der Waals surface area contributed by atoms with Crippen molar-refractivity contribution in [3.63, 3.8) is 0 Å². The summed E-state index contributed by atoms with van der Waals surface area (Å²) < 4.78 is 1.48. The number of aromatic amines is 1. The van der Waals surface area contributed by atoms with Gasteiger partial charge < -0.3 is 10.1 Å². The number of hydrogen-bond donors (Lipinski definition) is 2. The van der Waals surface area contributed by atoms with Crippen molar-refractivity contribution in [3.8, 4) is 11.3 Å². The van der Waals surface area contributed by atoms with Crippen molar-refractivity contribution >= 4 is 5.97 Å². The van der Waals surface area contributed by atoms with Crippen LogP contribution in [0.1, 0.15) is 17.4 Å². The molecule has 0 radical (unpaired) electrons. The van der Waals surface area contributed by atoms with Gasteiger partial charge in [-0.3, -0.25) is 4.68 Å². The number of H-pyrrole nitrogens is 1. The van der Waals surface area contributed by atoms with Gasteiger partial charge in [0.25, 0.3) is 0 Å². The van der Waals surface area contributed by atoms with E-state index in [2.05, 4.69) is 10.1 Å². The second-order valence-electron chi connectivity index (χ2n) is 3.14. The summed E-state index contributed by atoms with van der Waals surface area (Å²) in [6.45, 7) is 2.41. The molecule has 0 aliphatic heterocycles. The Morgan fingerprint density at radius 2 is 2.47 bits per heavy atom. The Balaban J connectivity index is 2.48. The number of nitrogens with one attached hydrogen (secondary N) is 1. The van der Waals surface area contributed by atoms with Crippen LogP contribution >= 0.6 is 0 Å². The third-order valence-electron chi connectivity index (χ3n) is 2.19. The van der Waals surface area contributed by atoms with Gasteiger partial charge in [0.1, 0.15) is 5.69 Å². The molecule has 2 N–H and O–H groups in total. The molecule has 78 valence electrons. The van der Waals surface area contributed by atoms with Crippen LogP contribution in [0.2, 0.25) is 0 Å². The normalized spacial score (nSPS) is 10.5. The molecule has 0 amide bonds. The van der Waals surface area contributed by atoms with Crippen LogP contribution in [0, 0.1) is 0 Å². The summed E-state index contributed by atoms with van der Waals surface area (Å²) in [7, 11) is 0. The molecule has 0 spiro atoms. The molecule has 0 unspecified atom stereocenters. The van der Waals surface area contributed by atoms with Crippen LogP contribution in [-0.4, -0.2) is 25.8 Å². The zero-order valence-electron chi connectivity index (χ0n) is 8.27. The van der Waals surface area contributed by atoms with Crippen LogP contribution in [0.3, 0.4) is 0 Å². The Kier molecular flexibility index (Phi) is 2.29. The zero-order chi connectivity index (χ0) is 10.8. The highest BCUT2D eigenvalue weighted by Gasteiger charge is 2.13. The lowest BCUT2D eigenvalue weighted by atomic mass is 10.2. The second-order valence-corrected chi connectivity index (χ2v) is 3.14. The van der Waals surface area contributed by atoms with Gasteiger partial charge in [0, 0.05) is 24.5 Å². The van der Waals surface area contributed by atoms with E-state index in [9.17, 15) is 4.79 Å². The number of carboxylic acids is 1. The van der Waals surface area contributed by atoms with Crippen molar-refractivity contribution in [1.82, 2.24) is 14.8 Å². The van der Waals surface area contributed by atoms with Gasteiger partial charge in [-0.15, -0.1) is 0 Å². The minimum atomic E-state index is -0.953. The smallest absolute Gasteiger partial charge is 0.354 e. The fraction of sp³-hybridized carbons (Fsp3) is 0.200. The summed E-state index contributed by atoms with van der Waals surface area (Å²) in [5.74, 6) is -0.953. The third kappa shape index (κ3) is 1.63. The molecule has 2 aromatic rings. The van der Waals surface area contributed by atoms with Gasteiger partial charge in [-0.05, 0) is 19.1 Å². The first-order chi connectivity index (χ1) is 7.22. The summed E-state index contributed by atoms with van der Waals surface area (Å²) in [5, 5.41) is 13.1. The van der Waals surface area contributed by atoms with Crippen LogP contribution in [0.5, 0.6) is 0 Å². The molecule has 0 fully saturated rings. The van der Waals surface area contributed by atoms with E-state index in [4.69, 9.17) is 5.11 Å². The molecule has 0 aromatic carbocycles. The fourth-order valence-electron chi connectivity index (χ4n) is 1.45. The average molecular weight is 205 g/mol. The first-order valence-electron chi connectivity index (χ1n) is 4.66. The van der Waals surface area contributed by atoms with Crippen LogP contribution in [-0.2, 0) is 6.54 Å². The summed E-state index contributed by atoms with van der Waals surface area (Å²) in [6, 6.07) is 3.43. The van der Waals surface area contributed by atoms with Crippen molar-refractivity contribution < 1.29 is 9.90 Å². The molecule has 2 aromatic heterocycles. The standard InChI is InChI=1S/C10H11N3O2/c1-2-13-9(10(14)15)5-8(12-13)7-3-4-11-6-7/h3-6,11H,2H2,1H3,(H,14,15). The van der Waals surface area contributed by atoms with Crippen LogP contribution in [0.25, 0.3) is 11.3 Å². The summed E-state index contributed by atoms with van der Waals surface area (Å²) in [4.78, 5) is 13.8. The van der Waals surface area contributed by atoms with Gasteiger partial charge >= 0.3 is 5.97 Å². The first kappa shape index (κ1) is 9.51. The predicted octanol–water partition coefficient (Wildman–Crippen LogP) is 1.60. The van der Waals surface area contributed by atoms with E-state index in [-0.39, 0.29) is 5.69 Å². The van der Waals surface area contributed by atoms with Crippen LogP contribution in [0.15, 0.2) is 24.5 Å². The minimum Gasteiger partial charge on any atom is -0.477 e. The van der Waals surface area contributed by atoms with Gasteiger partial charge in [0.05, 0.1) is 5.69 Å². The lowest BCUT2D eigenvalue weighted by Crippen LogP contribution is -2.07. The summed E-state index contributed by atoms with van der Waals surface area (Å²) >= 11 is 0. The third-order valence-corrected chi connectivity index (χ3v) is 2.19. The molecule has 2 heterocycles. The molecule has 0 saturated carbocycles. The van der Waals surface area contributed by atoms with Gasteiger partial charge in [0.2, 0.25) is 0 Å². The minimum absolute atomic E-state index is 0.216. The van der Waals surface area contributed by atoms with Crippen molar-refractivity contribution in [2.75, 3.05) is 0 Å². The molecular formula is C10H11N3O2. The summed E-state index contributed by atoms with van der Waals surface area (Å²) in [6.07, 6.45) is 3.56. The molecule has 0 atom stereocenters. The van der Waals surface area contributed by atoms with Gasteiger partial charge in [-0.25, -0.2) is 4.79 Å². The predicted molar refractivity (Wildman–Crippen MR) is 54.6 cm³/mol. The van der Waals surface area contributed by atoms with Crippen molar-refractivity contribution in [3.05, 3.63) is 30.2 Å². The fourth-order valence-corrected chi connectivity index (χ4v) is 1.45. The highest BCUT2D eigenvalue weighted by atomic mass is 16.4. The lowest BCUT2D eigenvalue weighted by Gasteiger charge is -1.97. The van der Waals surface area contributed by atoms with E-state index in [0.717, 1.165) is 5.56 Å². The number of carbonyl (C=O) groups is 1. The number of hydrogen-bond acceptors (Lipinski definition) is 2. The van der Waals surface area contributed by atoms with Crippen LogP contribution in [0.4, 0.5) is 0 Å². The Labute approximate surface area is 86.4 Å². The Morgan fingerprint density at radius 3 is 2.93 bits per heavy atom. The topological polar surface area (TPSA) is 70.9 Å². The number of carboxylic acid groups (broad SMARTS) is 1. The van der Waals surface area contributed by atoms with E-state index in [1.54, 1.807) is 18.5 Å². The van der Waals surface area contributed by atoms with E-state index < -0.39 is 5.97 Å².